The number of amidine groups is 1. The number of aromatic nitrogens is 2. The SMILES string of the molecule is FC1(F)c2cc(-c3ccc(C4=CC(c5ccccc5)NC(c5ccccc5)=N4)cc3)ccc2-c2ccc(-c3ccc(-c4cc(-c5ccccc5)nc(C5=CCCC=C5)n4)cc3)cc21. The molecule has 1 unspecified atom stereocenters. The molecule has 0 saturated carbocycles. The van der Waals surface area contributed by atoms with Gasteiger partial charge in [0.05, 0.1) is 23.1 Å². The van der Waals surface area contributed by atoms with Crippen LogP contribution in [0.5, 0.6) is 0 Å². The molecule has 1 aliphatic heterocycles. The van der Waals surface area contributed by atoms with Crippen molar-refractivity contribution in [1.29, 1.82) is 0 Å². The Bertz CT molecular complexity index is 3130. The second-order valence-electron chi connectivity index (χ2n) is 16.1. The van der Waals surface area contributed by atoms with Gasteiger partial charge in [0, 0.05) is 33.4 Å². The van der Waals surface area contributed by atoms with Gasteiger partial charge in [0.15, 0.2) is 5.82 Å². The van der Waals surface area contributed by atoms with E-state index in [0.717, 1.165) is 91.4 Å². The molecule has 63 heavy (non-hydrogen) atoms. The maximum absolute atomic E-state index is 16.6. The van der Waals surface area contributed by atoms with Crippen molar-refractivity contribution in [2.45, 2.75) is 24.8 Å². The van der Waals surface area contributed by atoms with Crippen LogP contribution in [0.3, 0.4) is 0 Å². The fourth-order valence-corrected chi connectivity index (χ4v) is 8.79. The molecule has 1 N–H and O–H groups in total. The Morgan fingerprint density at radius 1 is 0.492 bits per heavy atom. The quantitative estimate of drug-likeness (QED) is 0.166. The van der Waals surface area contributed by atoms with Crippen molar-refractivity contribution in [3.63, 3.8) is 0 Å². The predicted octanol–water partition coefficient (Wildman–Crippen LogP) is 14.1. The van der Waals surface area contributed by atoms with Crippen molar-refractivity contribution < 1.29 is 8.78 Å². The van der Waals surface area contributed by atoms with Gasteiger partial charge in [0.2, 0.25) is 0 Å². The number of hydrogen-bond donors (Lipinski definition) is 1. The highest BCUT2D eigenvalue weighted by Crippen LogP contribution is 2.53. The van der Waals surface area contributed by atoms with Crippen molar-refractivity contribution in [2.75, 3.05) is 0 Å². The van der Waals surface area contributed by atoms with Gasteiger partial charge in [-0.05, 0) is 81.6 Å². The number of halogens is 2. The number of aliphatic imine (C=N–C) groups is 1. The van der Waals surface area contributed by atoms with Crippen LogP contribution < -0.4 is 5.32 Å². The zero-order chi connectivity index (χ0) is 42.3. The number of hydrogen-bond acceptors (Lipinski definition) is 4. The molecular formula is C57H40F2N4. The highest BCUT2D eigenvalue weighted by Gasteiger charge is 2.44. The maximum atomic E-state index is 16.6. The van der Waals surface area contributed by atoms with Gasteiger partial charge in [-0.1, -0.05) is 182 Å². The molecule has 6 heteroatoms. The van der Waals surface area contributed by atoms with Crippen molar-refractivity contribution >= 4 is 17.1 Å². The Balaban J connectivity index is 0.864. The van der Waals surface area contributed by atoms with Crippen molar-refractivity contribution in [3.05, 3.63) is 240 Å². The third-order valence-corrected chi connectivity index (χ3v) is 12.1. The van der Waals surface area contributed by atoms with Gasteiger partial charge in [-0.15, -0.1) is 0 Å². The number of benzene rings is 7. The molecule has 0 radical (unpaired) electrons. The molecule has 0 saturated heterocycles. The minimum atomic E-state index is -3.17. The molecule has 2 heterocycles. The van der Waals surface area contributed by atoms with Crippen molar-refractivity contribution in [1.82, 2.24) is 15.3 Å². The molecule has 0 amide bonds. The Morgan fingerprint density at radius 3 is 1.57 bits per heavy atom. The fourth-order valence-electron chi connectivity index (χ4n) is 8.79. The summed E-state index contributed by atoms with van der Waals surface area (Å²) in [5, 5.41) is 3.60. The van der Waals surface area contributed by atoms with Crippen LogP contribution in [-0.4, -0.2) is 15.8 Å². The van der Waals surface area contributed by atoms with Crippen molar-refractivity contribution in [3.8, 4) is 55.9 Å². The summed E-state index contributed by atoms with van der Waals surface area (Å²) in [6, 6.07) is 59.3. The smallest absolute Gasteiger partial charge is 0.299 e. The van der Waals surface area contributed by atoms with Gasteiger partial charge in [-0.3, -0.25) is 0 Å². The van der Waals surface area contributed by atoms with E-state index in [-0.39, 0.29) is 17.2 Å². The highest BCUT2D eigenvalue weighted by atomic mass is 19.3. The molecule has 4 nitrogen and oxygen atoms in total. The average Bonchev–Trinajstić information content (AvgIpc) is 3.59. The summed E-state index contributed by atoms with van der Waals surface area (Å²) in [6.45, 7) is 0. The molecule has 0 bridgehead atoms. The first-order valence-corrected chi connectivity index (χ1v) is 21.3. The molecule has 3 aliphatic rings. The summed E-state index contributed by atoms with van der Waals surface area (Å²) >= 11 is 0. The zero-order valence-electron chi connectivity index (χ0n) is 34.2. The first-order chi connectivity index (χ1) is 30.9. The molecule has 0 spiro atoms. The largest absolute Gasteiger partial charge is 0.359 e. The number of allylic oxidation sites excluding steroid dienone is 4. The second-order valence-corrected chi connectivity index (χ2v) is 16.1. The van der Waals surface area contributed by atoms with Crippen LogP contribution in [0.25, 0.3) is 67.2 Å². The molecular weight excluding hydrogens is 779 g/mol. The first-order valence-electron chi connectivity index (χ1n) is 21.3. The molecule has 1 aromatic heterocycles. The summed E-state index contributed by atoms with van der Waals surface area (Å²) in [5.41, 5.74) is 12.9. The van der Waals surface area contributed by atoms with Crippen LogP contribution in [0.4, 0.5) is 8.78 Å². The van der Waals surface area contributed by atoms with Gasteiger partial charge >= 0.3 is 0 Å². The summed E-state index contributed by atoms with van der Waals surface area (Å²) < 4.78 is 33.2. The number of nitrogens with zero attached hydrogens (tertiary/aromatic N) is 3. The molecule has 302 valence electrons. The number of alkyl halides is 2. The summed E-state index contributed by atoms with van der Waals surface area (Å²) in [5.74, 6) is -1.68. The molecule has 0 fully saturated rings. The molecule has 8 aromatic rings. The Labute approximate surface area is 365 Å². The van der Waals surface area contributed by atoms with E-state index in [2.05, 4.69) is 53.9 Å². The number of fused-ring (bicyclic) bond motifs is 3. The van der Waals surface area contributed by atoms with Crippen LogP contribution in [-0.2, 0) is 5.92 Å². The lowest BCUT2D eigenvalue weighted by molar-refractivity contribution is 0.0481. The van der Waals surface area contributed by atoms with Crippen molar-refractivity contribution in [2.24, 2.45) is 4.99 Å². The Morgan fingerprint density at radius 2 is 1.00 bits per heavy atom. The lowest BCUT2D eigenvalue weighted by atomic mass is 9.96. The highest BCUT2D eigenvalue weighted by molar-refractivity contribution is 6.03. The topological polar surface area (TPSA) is 50.2 Å². The van der Waals surface area contributed by atoms with Gasteiger partial charge in [0.25, 0.3) is 5.92 Å². The average molecular weight is 819 g/mol. The second kappa shape index (κ2) is 15.9. The predicted molar refractivity (Wildman–Crippen MR) is 252 cm³/mol. The summed E-state index contributed by atoms with van der Waals surface area (Å²) in [6.07, 6.45) is 10.5. The van der Waals surface area contributed by atoms with E-state index in [1.165, 1.54) is 0 Å². The lowest BCUT2D eigenvalue weighted by Gasteiger charge is -2.24. The zero-order valence-corrected chi connectivity index (χ0v) is 34.2. The summed E-state index contributed by atoms with van der Waals surface area (Å²) in [4.78, 5) is 15.0. The Hall–Kier alpha value is -7.83. The van der Waals surface area contributed by atoms with E-state index in [1.807, 2.05) is 146 Å². The van der Waals surface area contributed by atoms with Gasteiger partial charge in [-0.25, -0.2) is 15.0 Å². The molecule has 1 atom stereocenters. The van der Waals surface area contributed by atoms with E-state index in [1.54, 1.807) is 12.1 Å². The normalized spacial score (nSPS) is 16.0. The molecule has 11 rings (SSSR count). The Kier molecular flexibility index (Phi) is 9.61. The monoisotopic (exact) mass is 818 g/mol. The number of nitrogens with one attached hydrogen (secondary N) is 1. The van der Waals surface area contributed by atoms with Crippen LogP contribution >= 0.6 is 0 Å². The lowest BCUT2D eigenvalue weighted by Crippen LogP contribution is -2.31. The van der Waals surface area contributed by atoms with Gasteiger partial charge in [0.1, 0.15) is 5.84 Å². The van der Waals surface area contributed by atoms with Gasteiger partial charge in [-0.2, -0.15) is 8.78 Å². The molecule has 2 aliphatic carbocycles. The van der Waals surface area contributed by atoms with E-state index in [4.69, 9.17) is 15.0 Å². The minimum Gasteiger partial charge on any atom is -0.359 e. The van der Waals surface area contributed by atoms with Crippen LogP contribution in [0.2, 0.25) is 0 Å². The van der Waals surface area contributed by atoms with E-state index < -0.39 is 5.92 Å². The summed E-state index contributed by atoms with van der Waals surface area (Å²) in [7, 11) is 0. The van der Waals surface area contributed by atoms with E-state index >= 15 is 8.78 Å². The number of rotatable bonds is 8. The standard InChI is InChI=1S/C57H40F2N4/c58-57(59)49-33-45(37-21-25-41(26-22-37)53-35-51(39-13-5-1-6-14-39)60-55(62-53)43-17-9-3-10-18-43)29-31-47(49)48-32-30-46(34-50(48)57)38-23-27-42(28-24-38)54-36-52(40-15-7-2-8-16-40)61-56(63-54)44-19-11-4-12-20-44/h1-3,5-11,13-36,51H,4,12H2,(H,60,62). The van der Waals surface area contributed by atoms with Crippen LogP contribution in [0.15, 0.2) is 211 Å². The molecule has 7 aromatic carbocycles. The first kappa shape index (κ1) is 38.1. The van der Waals surface area contributed by atoms with E-state index in [9.17, 15) is 0 Å². The van der Waals surface area contributed by atoms with Gasteiger partial charge < -0.3 is 5.32 Å². The van der Waals surface area contributed by atoms with Crippen LogP contribution in [0.1, 0.15) is 52.5 Å². The maximum Gasteiger partial charge on any atom is 0.299 e. The third kappa shape index (κ3) is 7.29. The third-order valence-electron chi connectivity index (χ3n) is 12.1. The van der Waals surface area contributed by atoms with E-state index in [0.29, 0.717) is 17.0 Å². The fraction of sp³-hybridized carbons (Fsp3) is 0.0702. The minimum absolute atomic E-state index is 0.0197. The van der Waals surface area contributed by atoms with Crippen LogP contribution in [0, 0.1) is 0 Å².